The lowest BCUT2D eigenvalue weighted by molar-refractivity contribution is 0.00871. The van der Waals surface area contributed by atoms with Gasteiger partial charge in [0.1, 0.15) is 5.60 Å². The Bertz CT molecular complexity index is 282. The number of ether oxygens (including phenoxy) is 1. The third kappa shape index (κ3) is 3.35. The highest BCUT2D eigenvalue weighted by molar-refractivity contribution is 5.69. The van der Waals surface area contributed by atoms with Gasteiger partial charge >= 0.3 is 6.09 Å². The van der Waals surface area contributed by atoms with Crippen LogP contribution in [0, 0.1) is 5.92 Å². The van der Waals surface area contributed by atoms with Crippen molar-refractivity contribution in [3.63, 3.8) is 0 Å². The number of rotatable bonds is 2. The van der Waals surface area contributed by atoms with Gasteiger partial charge in [-0.05, 0) is 59.9 Å². The van der Waals surface area contributed by atoms with Crippen molar-refractivity contribution in [2.75, 3.05) is 13.1 Å². The van der Waals surface area contributed by atoms with E-state index in [2.05, 4.69) is 13.8 Å². The number of nitrogens with zero attached hydrogens (tertiary/aromatic N) is 1. The largest absolute Gasteiger partial charge is 0.444 e. The highest BCUT2D eigenvalue weighted by Gasteiger charge is 2.44. The molecule has 0 aromatic rings. The molecule has 0 saturated carbocycles. The summed E-state index contributed by atoms with van der Waals surface area (Å²) in [6, 6.07) is 0. The zero-order chi connectivity index (χ0) is 13.3. The first-order valence-corrected chi connectivity index (χ1v) is 6.39. The van der Waals surface area contributed by atoms with E-state index in [4.69, 9.17) is 10.5 Å². The van der Waals surface area contributed by atoms with Gasteiger partial charge in [-0.15, -0.1) is 0 Å². The van der Waals surface area contributed by atoms with E-state index in [0.717, 1.165) is 19.4 Å². The molecule has 1 heterocycles. The molecular weight excluding hydrogens is 216 g/mol. The van der Waals surface area contributed by atoms with Crippen LogP contribution in [0.3, 0.4) is 0 Å². The standard InChI is InChI=1S/C13H26N2O2/c1-12(2,3)17-11(16)15-9-7-10(6-8-14)13(15,4)5/h10H,6-9,14H2,1-5H3. The summed E-state index contributed by atoms with van der Waals surface area (Å²) in [4.78, 5) is 13.9. The number of carbonyl (C=O) groups is 1. The summed E-state index contributed by atoms with van der Waals surface area (Å²) in [5, 5.41) is 0. The van der Waals surface area contributed by atoms with E-state index in [1.807, 2.05) is 25.7 Å². The Morgan fingerprint density at radius 2 is 2.06 bits per heavy atom. The Morgan fingerprint density at radius 1 is 1.47 bits per heavy atom. The highest BCUT2D eigenvalue weighted by atomic mass is 16.6. The van der Waals surface area contributed by atoms with E-state index in [1.54, 1.807) is 0 Å². The van der Waals surface area contributed by atoms with Gasteiger partial charge in [-0.2, -0.15) is 0 Å². The molecule has 4 heteroatoms. The summed E-state index contributed by atoms with van der Waals surface area (Å²) in [6.07, 6.45) is 1.78. The van der Waals surface area contributed by atoms with Crippen molar-refractivity contribution in [3.8, 4) is 0 Å². The summed E-state index contributed by atoms with van der Waals surface area (Å²) in [7, 11) is 0. The van der Waals surface area contributed by atoms with Gasteiger partial charge < -0.3 is 15.4 Å². The molecule has 4 nitrogen and oxygen atoms in total. The molecule has 1 aliphatic rings. The average Bonchev–Trinajstić information content (AvgIpc) is 2.40. The van der Waals surface area contributed by atoms with E-state index in [9.17, 15) is 4.79 Å². The van der Waals surface area contributed by atoms with Crippen molar-refractivity contribution in [3.05, 3.63) is 0 Å². The number of likely N-dealkylation sites (tertiary alicyclic amines) is 1. The van der Waals surface area contributed by atoms with Crippen molar-refractivity contribution < 1.29 is 9.53 Å². The molecule has 0 aromatic heterocycles. The lowest BCUT2D eigenvalue weighted by Crippen LogP contribution is -2.48. The number of amides is 1. The minimum Gasteiger partial charge on any atom is -0.444 e. The molecule has 17 heavy (non-hydrogen) atoms. The van der Waals surface area contributed by atoms with Crippen LogP contribution < -0.4 is 5.73 Å². The molecule has 1 aliphatic heterocycles. The quantitative estimate of drug-likeness (QED) is 0.808. The molecule has 1 atom stereocenters. The normalized spacial score (nSPS) is 23.9. The first-order valence-electron chi connectivity index (χ1n) is 6.39. The van der Waals surface area contributed by atoms with Gasteiger partial charge in [-0.25, -0.2) is 4.79 Å². The third-order valence-electron chi connectivity index (χ3n) is 3.52. The third-order valence-corrected chi connectivity index (χ3v) is 3.52. The van der Waals surface area contributed by atoms with Gasteiger partial charge in [0.25, 0.3) is 0 Å². The number of nitrogens with two attached hydrogens (primary N) is 1. The van der Waals surface area contributed by atoms with Gasteiger partial charge in [0.2, 0.25) is 0 Å². The summed E-state index contributed by atoms with van der Waals surface area (Å²) in [5.74, 6) is 0.472. The van der Waals surface area contributed by atoms with Crippen molar-refractivity contribution >= 4 is 6.09 Å². The van der Waals surface area contributed by atoms with Gasteiger partial charge in [0.05, 0.1) is 0 Å². The molecule has 0 spiro atoms. The Hall–Kier alpha value is -0.770. The first kappa shape index (κ1) is 14.3. The van der Waals surface area contributed by atoms with Crippen LogP contribution in [0.1, 0.15) is 47.5 Å². The minimum absolute atomic E-state index is 0.151. The predicted octanol–water partition coefficient (Wildman–Crippen LogP) is 2.37. The van der Waals surface area contributed by atoms with Crippen LogP contribution in [0.4, 0.5) is 4.79 Å². The van der Waals surface area contributed by atoms with Crippen LogP contribution in [0.15, 0.2) is 0 Å². The Morgan fingerprint density at radius 3 is 2.53 bits per heavy atom. The molecule has 0 aliphatic carbocycles. The fourth-order valence-corrected chi connectivity index (χ4v) is 2.49. The second kappa shape index (κ2) is 4.84. The van der Waals surface area contributed by atoms with Crippen LogP contribution in [-0.2, 0) is 4.74 Å². The summed E-state index contributed by atoms with van der Waals surface area (Å²) < 4.78 is 5.44. The molecule has 1 rings (SSSR count). The summed E-state index contributed by atoms with van der Waals surface area (Å²) in [6.45, 7) is 11.3. The fraction of sp³-hybridized carbons (Fsp3) is 0.923. The maximum Gasteiger partial charge on any atom is 0.410 e. The molecule has 100 valence electrons. The average molecular weight is 242 g/mol. The number of hydrogen-bond donors (Lipinski definition) is 1. The summed E-state index contributed by atoms with van der Waals surface area (Å²) in [5.41, 5.74) is 5.04. The predicted molar refractivity (Wildman–Crippen MR) is 68.8 cm³/mol. The molecule has 1 saturated heterocycles. The molecular formula is C13H26N2O2. The van der Waals surface area contributed by atoms with Crippen LogP contribution in [0.2, 0.25) is 0 Å². The molecule has 1 fully saturated rings. The molecule has 1 unspecified atom stereocenters. The highest BCUT2D eigenvalue weighted by Crippen LogP contribution is 2.37. The molecule has 1 amide bonds. The van der Waals surface area contributed by atoms with Crippen molar-refractivity contribution in [1.82, 2.24) is 4.90 Å². The van der Waals surface area contributed by atoms with Gasteiger partial charge in [-0.3, -0.25) is 0 Å². The molecule has 0 aromatic carbocycles. The first-order chi connectivity index (χ1) is 7.68. The minimum atomic E-state index is -0.431. The van der Waals surface area contributed by atoms with Crippen LogP contribution in [0.25, 0.3) is 0 Å². The Kier molecular flexibility index (Phi) is 4.07. The molecule has 2 N–H and O–H groups in total. The zero-order valence-corrected chi connectivity index (χ0v) is 11.7. The van der Waals surface area contributed by atoms with Crippen LogP contribution in [0.5, 0.6) is 0 Å². The van der Waals surface area contributed by atoms with E-state index >= 15 is 0 Å². The van der Waals surface area contributed by atoms with Crippen LogP contribution >= 0.6 is 0 Å². The summed E-state index contributed by atoms with van der Waals surface area (Å²) >= 11 is 0. The van der Waals surface area contributed by atoms with Gasteiger partial charge in [-0.1, -0.05) is 0 Å². The molecule has 0 radical (unpaired) electrons. The smallest absolute Gasteiger partial charge is 0.410 e. The zero-order valence-electron chi connectivity index (χ0n) is 11.7. The van der Waals surface area contributed by atoms with Gasteiger partial charge in [0.15, 0.2) is 0 Å². The number of hydrogen-bond acceptors (Lipinski definition) is 3. The topological polar surface area (TPSA) is 55.6 Å². The van der Waals surface area contributed by atoms with E-state index in [-0.39, 0.29) is 11.6 Å². The lowest BCUT2D eigenvalue weighted by Gasteiger charge is -2.36. The molecule has 0 bridgehead atoms. The lowest BCUT2D eigenvalue weighted by atomic mass is 9.86. The monoisotopic (exact) mass is 242 g/mol. The van der Waals surface area contributed by atoms with E-state index in [0.29, 0.717) is 12.5 Å². The fourth-order valence-electron chi connectivity index (χ4n) is 2.49. The van der Waals surface area contributed by atoms with Crippen LogP contribution in [-0.4, -0.2) is 35.2 Å². The van der Waals surface area contributed by atoms with E-state index in [1.165, 1.54) is 0 Å². The maximum atomic E-state index is 12.1. The van der Waals surface area contributed by atoms with Gasteiger partial charge in [0, 0.05) is 12.1 Å². The maximum absolute atomic E-state index is 12.1. The van der Waals surface area contributed by atoms with Crippen molar-refractivity contribution in [2.24, 2.45) is 11.7 Å². The van der Waals surface area contributed by atoms with Crippen molar-refractivity contribution in [1.29, 1.82) is 0 Å². The second-order valence-electron chi connectivity index (χ2n) is 6.35. The van der Waals surface area contributed by atoms with Crippen molar-refractivity contribution in [2.45, 2.75) is 58.6 Å². The second-order valence-corrected chi connectivity index (χ2v) is 6.35. The Labute approximate surface area is 104 Å². The SMILES string of the molecule is CC(C)(C)OC(=O)N1CCC(CCN)C1(C)C. The Balaban J connectivity index is 2.70. The van der Waals surface area contributed by atoms with E-state index < -0.39 is 5.60 Å². The number of carbonyl (C=O) groups excluding carboxylic acids is 1.